The number of nitrogens with zero attached hydrogens (tertiary/aromatic N) is 1. The maximum Gasteiger partial charge on any atom is 0.469 e. The van der Waals surface area contributed by atoms with E-state index in [1.54, 1.807) is 6.92 Å². The highest BCUT2D eigenvalue weighted by molar-refractivity contribution is 5.98. The van der Waals surface area contributed by atoms with Crippen LogP contribution in [0.1, 0.15) is 29.2 Å². The number of nitrogens with one attached hydrogen (secondary N) is 2. The maximum atomic E-state index is 14.3. The Bertz CT molecular complexity index is 1260. The van der Waals surface area contributed by atoms with E-state index >= 15 is 0 Å². The number of hydrogen-bond donors (Lipinski definition) is 2. The number of carbonyl (C=O) groups excluding carboxylic acids is 1. The van der Waals surface area contributed by atoms with Crippen LogP contribution in [0.3, 0.4) is 0 Å². The molecule has 0 radical (unpaired) electrons. The third-order valence-electron chi connectivity index (χ3n) is 6.03. The van der Waals surface area contributed by atoms with Gasteiger partial charge in [-0.1, -0.05) is 67.6 Å². The van der Waals surface area contributed by atoms with E-state index < -0.39 is 29.4 Å². The molecule has 9 heteroatoms. The monoisotopic (exact) mass is 483 g/mol. The van der Waals surface area contributed by atoms with Crippen LogP contribution in [0.15, 0.2) is 72.8 Å². The van der Waals surface area contributed by atoms with Crippen LogP contribution >= 0.6 is 0 Å². The molecule has 3 aromatic carbocycles. The fraction of sp³-hybridized carbons (Fsp3) is 0.192. The molecule has 3 aromatic rings. The highest BCUT2D eigenvalue weighted by Crippen LogP contribution is 2.55. The number of rotatable bonds is 4. The SMILES string of the molecule is CCc1cc(NC(=O)N2CC(c3ccccc3)=C(c3ccccc3)N2)cc2c1OC(F)(F)C2(F)F. The summed E-state index contributed by atoms with van der Waals surface area (Å²) in [6.07, 6.45) is -4.49. The van der Waals surface area contributed by atoms with Gasteiger partial charge in [-0.2, -0.15) is 17.6 Å². The second-order valence-electron chi connectivity index (χ2n) is 8.27. The van der Waals surface area contributed by atoms with Gasteiger partial charge in [-0.3, -0.25) is 5.43 Å². The van der Waals surface area contributed by atoms with Gasteiger partial charge < -0.3 is 10.1 Å². The molecule has 2 aliphatic rings. The van der Waals surface area contributed by atoms with Crippen LogP contribution < -0.4 is 15.5 Å². The minimum absolute atomic E-state index is 0.0252. The Kier molecular flexibility index (Phi) is 5.42. The van der Waals surface area contributed by atoms with E-state index in [4.69, 9.17) is 0 Å². The average Bonchev–Trinajstić information content (AvgIpc) is 3.38. The lowest BCUT2D eigenvalue weighted by Crippen LogP contribution is -2.40. The Morgan fingerprint density at radius 2 is 1.63 bits per heavy atom. The predicted molar refractivity (Wildman–Crippen MR) is 124 cm³/mol. The quantitative estimate of drug-likeness (QED) is 0.432. The molecular formula is C26H21F4N3O2. The molecule has 0 saturated carbocycles. The van der Waals surface area contributed by atoms with Crippen molar-refractivity contribution in [1.29, 1.82) is 0 Å². The number of benzene rings is 3. The fourth-order valence-electron chi connectivity index (χ4n) is 4.24. The Morgan fingerprint density at radius 3 is 2.26 bits per heavy atom. The summed E-state index contributed by atoms with van der Waals surface area (Å²) in [5, 5.41) is 3.87. The van der Waals surface area contributed by atoms with Gasteiger partial charge in [0.1, 0.15) is 5.75 Å². The predicted octanol–water partition coefficient (Wildman–Crippen LogP) is 6.25. The summed E-state index contributed by atoms with van der Waals surface area (Å²) in [5.41, 5.74) is 5.66. The largest absolute Gasteiger partial charge is 0.469 e. The first kappa shape index (κ1) is 22.8. The maximum absolute atomic E-state index is 14.3. The van der Waals surface area contributed by atoms with Crippen molar-refractivity contribution in [3.63, 3.8) is 0 Å². The summed E-state index contributed by atoms with van der Waals surface area (Å²) in [4.78, 5) is 13.1. The van der Waals surface area contributed by atoms with E-state index in [2.05, 4.69) is 15.5 Å². The van der Waals surface area contributed by atoms with Gasteiger partial charge in [0.25, 0.3) is 0 Å². The number of urea groups is 1. The van der Waals surface area contributed by atoms with Gasteiger partial charge in [-0.15, -0.1) is 0 Å². The minimum atomic E-state index is -4.66. The zero-order chi connectivity index (χ0) is 24.8. The van der Waals surface area contributed by atoms with Crippen molar-refractivity contribution >= 4 is 23.0 Å². The molecule has 0 fully saturated rings. The second-order valence-corrected chi connectivity index (χ2v) is 8.27. The van der Waals surface area contributed by atoms with Gasteiger partial charge in [0.05, 0.1) is 17.8 Å². The zero-order valence-corrected chi connectivity index (χ0v) is 18.6. The molecule has 5 rings (SSSR count). The van der Waals surface area contributed by atoms with Gasteiger partial charge in [-0.05, 0) is 35.2 Å². The Labute approximate surface area is 199 Å². The highest BCUT2D eigenvalue weighted by Gasteiger charge is 2.67. The number of alkyl halides is 4. The minimum Gasteiger partial charge on any atom is -0.427 e. The lowest BCUT2D eigenvalue weighted by molar-refractivity contribution is -0.296. The molecule has 2 heterocycles. The fourth-order valence-corrected chi connectivity index (χ4v) is 4.24. The van der Waals surface area contributed by atoms with Crippen molar-refractivity contribution in [2.24, 2.45) is 0 Å². The van der Waals surface area contributed by atoms with Crippen molar-refractivity contribution in [3.8, 4) is 5.75 Å². The van der Waals surface area contributed by atoms with E-state index in [1.165, 1.54) is 11.1 Å². The van der Waals surface area contributed by atoms with Gasteiger partial charge in [0, 0.05) is 11.3 Å². The van der Waals surface area contributed by atoms with Crippen molar-refractivity contribution in [3.05, 3.63) is 95.1 Å². The van der Waals surface area contributed by atoms with Crippen molar-refractivity contribution < 1.29 is 27.1 Å². The van der Waals surface area contributed by atoms with Crippen LogP contribution in [0.4, 0.5) is 28.0 Å². The van der Waals surface area contributed by atoms with Crippen LogP contribution in [-0.2, 0) is 12.3 Å². The van der Waals surface area contributed by atoms with Crippen molar-refractivity contribution in [1.82, 2.24) is 10.4 Å². The molecule has 35 heavy (non-hydrogen) atoms. The normalized spacial score (nSPS) is 17.6. The van der Waals surface area contributed by atoms with Crippen LogP contribution in [0.5, 0.6) is 5.75 Å². The summed E-state index contributed by atoms with van der Waals surface area (Å²) in [6.45, 7) is 1.83. The topological polar surface area (TPSA) is 53.6 Å². The molecule has 2 amide bonds. The van der Waals surface area contributed by atoms with E-state index in [9.17, 15) is 22.4 Å². The van der Waals surface area contributed by atoms with Gasteiger partial charge >= 0.3 is 18.1 Å². The van der Waals surface area contributed by atoms with Crippen molar-refractivity contribution in [2.75, 3.05) is 11.9 Å². The smallest absolute Gasteiger partial charge is 0.427 e. The number of amides is 2. The van der Waals surface area contributed by atoms with Crippen LogP contribution in [-0.4, -0.2) is 23.7 Å². The number of anilines is 1. The van der Waals surface area contributed by atoms with Gasteiger partial charge in [-0.25, -0.2) is 9.80 Å². The molecule has 0 bridgehead atoms. The van der Waals surface area contributed by atoms with Gasteiger partial charge in [0.2, 0.25) is 0 Å². The molecule has 0 saturated heterocycles. The zero-order valence-electron chi connectivity index (χ0n) is 18.6. The standard InChI is InChI=1S/C26H21F4N3O2/c1-2-16-13-19(14-21-23(16)35-26(29,30)25(21,27)28)31-24(34)33-15-20(17-9-5-3-6-10-17)22(32-33)18-11-7-4-8-12-18/h3-14,32H,2,15H2,1H3,(H,31,34). The van der Waals surface area contributed by atoms with Crippen LogP contribution in [0, 0.1) is 0 Å². The molecule has 0 atom stereocenters. The number of aryl methyl sites for hydroxylation is 1. The first-order valence-electron chi connectivity index (χ1n) is 11.0. The molecule has 0 aromatic heterocycles. The molecule has 180 valence electrons. The molecule has 2 aliphatic heterocycles. The molecule has 2 N–H and O–H groups in total. The van der Waals surface area contributed by atoms with E-state index in [-0.39, 0.29) is 24.2 Å². The summed E-state index contributed by atoms with van der Waals surface area (Å²) >= 11 is 0. The molecule has 0 spiro atoms. The molecule has 0 unspecified atom stereocenters. The van der Waals surface area contributed by atoms with E-state index in [0.29, 0.717) is 0 Å². The molecule has 0 aliphatic carbocycles. The summed E-state index contributed by atoms with van der Waals surface area (Å²) in [6, 6.07) is 20.6. The van der Waals surface area contributed by atoms with Crippen molar-refractivity contribution in [2.45, 2.75) is 25.4 Å². The highest BCUT2D eigenvalue weighted by atomic mass is 19.3. The van der Waals surface area contributed by atoms with E-state index in [1.807, 2.05) is 60.7 Å². The summed E-state index contributed by atoms with van der Waals surface area (Å²) < 4.78 is 60.5. The summed E-state index contributed by atoms with van der Waals surface area (Å²) in [5.74, 6) is -5.05. The number of ether oxygens (including phenoxy) is 1. The Morgan fingerprint density at radius 1 is 1.00 bits per heavy atom. The average molecular weight is 483 g/mol. The van der Waals surface area contributed by atoms with Crippen LogP contribution in [0.2, 0.25) is 0 Å². The molecule has 5 nitrogen and oxygen atoms in total. The number of hydrogen-bond acceptors (Lipinski definition) is 3. The first-order chi connectivity index (χ1) is 16.7. The lowest BCUT2D eigenvalue weighted by Gasteiger charge is -2.20. The second kappa shape index (κ2) is 8.33. The number of carbonyl (C=O) groups is 1. The number of halogens is 4. The third-order valence-corrected chi connectivity index (χ3v) is 6.03. The number of hydrazine groups is 1. The number of fused-ring (bicyclic) bond motifs is 1. The van der Waals surface area contributed by atoms with E-state index in [0.717, 1.165) is 28.5 Å². The Hall–Kier alpha value is -4.01. The Balaban J connectivity index is 1.43. The van der Waals surface area contributed by atoms with Crippen LogP contribution in [0.25, 0.3) is 11.3 Å². The molecular weight excluding hydrogens is 462 g/mol. The van der Waals surface area contributed by atoms with Gasteiger partial charge in [0.15, 0.2) is 0 Å². The first-order valence-corrected chi connectivity index (χ1v) is 11.0. The summed E-state index contributed by atoms with van der Waals surface area (Å²) in [7, 11) is 0. The third kappa shape index (κ3) is 3.86. The lowest BCUT2D eigenvalue weighted by atomic mass is 10.0.